The highest BCUT2D eigenvalue weighted by molar-refractivity contribution is 5.86. The fourth-order valence-corrected chi connectivity index (χ4v) is 3.08. The van der Waals surface area contributed by atoms with Gasteiger partial charge in [-0.1, -0.05) is 72.8 Å². The molecule has 0 amide bonds. The molecule has 24 heavy (non-hydrogen) atoms. The Kier molecular flexibility index (Phi) is 5.42. The van der Waals surface area contributed by atoms with Crippen LogP contribution in [0.1, 0.15) is 11.1 Å². The Bertz CT molecular complexity index is 782. The Hall–Kier alpha value is -2.42. The minimum atomic E-state index is 0.159. The lowest BCUT2D eigenvalue weighted by atomic mass is 9.88. The molecule has 2 N–H and O–H groups in total. The maximum atomic E-state index is 8.98. The van der Waals surface area contributed by atoms with E-state index in [4.69, 9.17) is 5.11 Å². The molecule has 0 radical (unpaired) electrons. The van der Waals surface area contributed by atoms with Crippen molar-refractivity contribution in [1.29, 1.82) is 0 Å². The summed E-state index contributed by atoms with van der Waals surface area (Å²) < 4.78 is 0. The van der Waals surface area contributed by atoms with Crippen molar-refractivity contribution in [2.24, 2.45) is 0 Å². The standard InChI is InChI=1S/C22H23NO/c1-17-20(16-23-14-15-24)12-13-21(18-8-4-2-5-9-18)22(17)19-10-6-3-7-11-19/h2-13,23-24H,14-16H2,1H3. The predicted octanol–water partition coefficient (Wildman–Crippen LogP) is 4.41. The third-order valence-electron chi connectivity index (χ3n) is 4.33. The van der Waals surface area contributed by atoms with Crippen LogP contribution < -0.4 is 5.32 Å². The molecule has 3 aromatic carbocycles. The molecule has 0 saturated carbocycles. The molecular weight excluding hydrogens is 294 g/mol. The van der Waals surface area contributed by atoms with Crippen LogP contribution in [0, 0.1) is 6.92 Å². The molecular formula is C22H23NO. The summed E-state index contributed by atoms with van der Waals surface area (Å²) in [5.74, 6) is 0. The molecule has 2 nitrogen and oxygen atoms in total. The van der Waals surface area contributed by atoms with E-state index in [1.165, 1.54) is 33.4 Å². The zero-order valence-electron chi connectivity index (χ0n) is 14.0. The van der Waals surface area contributed by atoms with Crippen LogP contribution in [0.25, 0.3) is 22.3 Å². The summed E-state index contributed by atoms with van der Waals surface area (Å²) in [6.07, 6.45) is 0. The third kappa shape index (κ3) is 3.56. The molecule has 0 aliphatic rings. The Morgan fingerprint density at radius 3 is 2.04 bits per heavy atom. The van der Waals surface area contributed by atoms with Crippen molar-refractivity contribution in [1.82, 2.24) is 5.32 Å². The summed E-state index contributed by atoms with van der Waals surface area (Å²) in [7, 11) is 0. The van der Waals surface area contributed by atoms with Crippen molar-refractivity contribution in [3.8, 4) is 22.3 Å². The number of benzene rings is 3. The Morgan fingerprint density at radius 2 is 1.42 bits per heavy atom. The Morgan fingerprint density at radius 1 is 0.792 bits per heavy atom. The smallest absolute Gasteiger partial charge is 0.0556 e. The zero-order chi connectivity index (χ0) is 16.8. The first-order valence-corrected chi connectivity index (χ1v) is 8.36. The summed E-state index contributed by atoms with van der Waals surface area (Å²) in [4.78, 5) is 0. The summed E-state index contributed by atoms with van der Waals surface area (Å²) in [6.45, 7) is 3.72. The molecule has 0 bridgehead atoms. The maximum absolute atomic E-state index is 8.98. The van der Waals surface area contributed by atoms with Crippen LogP contribution in [-0.4, -0.2) is 18.3 Å². The third-order valence-corrected chi connectivity index (χ3v) is 4.33. The van der Waals surface area contributed by atoms with E-state index in [-0.39, 0.29) is 6.61 Å². The first kappa shape index (κ1) is 16.4. The molecule has 0 saturated heterocycles. The van der Waals surface area contributed by atoms with Gasteiger partial charge in [-0.15, -0.1) is 0 Å². The van der Waals surface area contributed by atoms with Crippen LogP contribution in [0.3, 0.4) is 0 Å². The Labute approximate surface area is 143 Å². The molecule has 0 aliphatic carbocycles. The van der Waals surface area contributed by atoms with E-state index < -0.39 is 0 Å². The molecule has 0 unspecified atom stereocenters. The molecule has 3 rings (SSSR count). The number of hydrogen-bond donors (Lipinski definition) is 2. The van der Waals surface area contributed by atoms with Gasteiger partial charge in [-0.3, -0.25) is 0 Å². The van der Waals surface area contributed by atoms with Crippen molar-refractivity contribution in [2.75, 3.05) is 13.2 Å². The topological polar surface area (TPSA) is 32.3 Å². The van der Waals surface area contributed by atoms with E-state index in [0.29, 0.717) is 6.54 Å². The van der Waals surface area contributed by atoms with Crippen molar-refractivity contribution in [3.63, 3.8) is 0 Å². The number of aliphatic hydroxyl groups excluding tert-OH is 1. The number of rotatable bonds is 6. The van der Waals surface area contributed by atoms with Gasteiger partial charge in [0.15, 0.2) is 0 Å². The molecule has 0 aliphatic heterocycles. The first-order chi connectivity index (χ1) is 11.8. The number of aliphatic hydroxyl groups is 1. The van der Waals surface area contributed by atoms with Gasteiger partial charge in [0.25, 0.3) is 0 Å². The maximum Gasteiger partial charge on any atom is 0.0556 e. The lowest BCUT2D eigenvalue weighted by Crippen LogP contribution is -2.18. The van der Waals surface area contributed by atoms with Gasteiger partial charge >= 0.3 is 0 Å². The summed E-state index contributed by atoms with van der Waals surface area (Å²) in [6, 6.07) is 25.5. The molecule has 2 heteroatoms. The summed E-state index contributed by atoms with van der Waals surface area (Å²) in [5.41, 5.74) is 7.55. The molecule has 0 atom stereocenters. The van der Waals surface area contributed by atoms with E-state index in [1.54, 1.807) is 0 Å². The van der Waals surface area contributed by atoms with Crippen molar-refractivity contribution in [3.05, 3.63) is 83.9 Å². The van der Waals surface area contributed by atoms with E-state index in [1.807, 2.05) is 12.1 Å². The lowest BCUT2D eigenvalue weighted by molar-refractivity contribution is 0.292. The molecule has 122 valence electrons. The van der Waals surface area contributed by atoms with E-state index in [2.05, 4.69) is 72.9 Å². The fourth-order valence-electron chi connectivity index (χ4n) is 3.08. The Balaban J connectivity index is 2.11. The molecule has 3 aromatic rings. The second kappa shape index (κ2) is 7.91. The second-order valence-electron chi connectivity index (χ2n) is 5.90. The van der Waals surface area contributed by atoms with Crippen LogP contribution in [0.2, 0.25) is 0 Å². The highest BCUT2D eigenvalue weighted by Gasteiger charge is 2.13. The van der Waals surface area contributed by atoms with Crippen LogP contribution >= 0.6 is 0 Å². The average molecular weight is 317 g/mol. The minimum absolute atomic E-state index is 0.159. The van der Waals surface area contributed by atoms with Crippen molar-refractivity contribution >= 4 is 0 Å². The number of hydrogen-bond acceptors (Lipinski definition) is 2. The molecule has 0 spiro atoms. The van der Waals surface area contributed by atoms with Gasteiger partial charge in [0.2, 0.25) is 0 Å². The van der Waals surface area contributed by atoms with Gasteiger partial charge in [0.1, 0.15) is 0 Å². The lowest BCUT2D eigenvalue weighted by Gasteiger charge is -2.17. The van der Waals surface area contributed by atoms with Gasteiger partial charge < -0.3 is 10.4 Å². The van der Waals surface area contributed by atoms with Crippen LogP contribution in [0.5, 0.6) is 0 Å². The van der Waals surface area contributed by atoms with Gasteiger partial charge in [0.05, 0.1) is 6.61 Å². The highest BCUT2D eigenvalue weighted by Crippen LogP contribution is 2.36. The van der Waals surface area contributed by atoms with Crippen molar-refractivity contribution in [2.45, 2.75) is 13.5 Å². The SMILES string of the molecule is Cc1c(CNCCO)ccc(-c2ccccc2)c1-c1ccccc1. The molecule has 0 aromatic heterocycles. The van der Waals surface area contributed by atoms with Gasteiger partial charge in [0, 0.05) is 13.1 Å². The minimum Gasteiger partial charge on any atom is -0.395 e. The summed E-state index contributed by atoms with van der Waals surface area (Å²) >= 11 is 0. The monoisotopic (exact) mass is 317 g/mol. The van der Waals surface area contributed by atoms with Crippen LogP contribution in [0.4, 0.5) is 0 Å². The zero-order valence-corrected chi connectivity index (χ0v) is 14.0. The molecule has 0 fully saturated rings. The highest BCUT2D eigenvalue weighted by atomic mass is 16.3. The second-order valence-corrected chi connectivity index (χ2v) is 5.90. The molecule has 0 heterocycles. The van der Waals surface area contributed by atoms with Crippen LogP contribution in [-0.2, 0) is 6.54 Å². The first-order valence-electron chi connectivity index (χ1n) is 8.36. The van der Waals surface area contributed by atoms with Gasteiger partial charge in [-0.05, 0) is 40.3 Å². The van der Waals surface area contributed by atoms with E-state index >= 15 is 0 Å². The average Bonchev–Trinajstić information content (AvgIpc) is 2.64. The van der Waals surface area contributed by atoms with E-state index in [9.17, 15) is 0 Å². The fraction of sp³-hybridized carbons (Fsp3) is 0.182. The largest absolute Gasteiger partial charge is 0.395 e. The van der Waals surface area contributed by atoms with Gasteiger partial charge in [-0.25, -0.2) is 0 Å². The predicted molar refractivity (Wildman–Crippen MR) is 101 cm³/mol. The normalized spacial score (nSPS) is 10.8. The summed E-state index contributed by atoms with van der Waals surface area (Å²) in [5, 5.41) is 12.3. The van der Waals surface area contributed by atoms with Crippen molar-refractivity contribution < 1.29 is 5.11 Å². The van der Waals surface area contributed by atoms with E-state index in [0.717, 1.165) is 6.54 Å². The van der Waals surface area contributed by atoms with Crippen LogP contribution in [0.15, 0.2) is 72.8 Å². The van der Waals surface area contributed by atoms with Gasteiger partial charge in [-0.2, -0.15) is 0 Å². The quantitative estimate of drug-likeness (QED) is 0.660. The number of nitrogens with one attached hydrogen (secondary N) is 1.